The van der Waals surface area contributed by atoms with E-state index >= 15 is 0 Å². The van der Waals surface area contributed by atoms with Gasteiger partial charge >= 0.3 is 0 Å². The first-order chi connectivity index (χ1) is 15.9. The molecular formula is C28H46BrNO4. The predicted molar refractivity (Wildman–Crippen MR) is 137 cm³/mol. The molecule has 0 bridgehead atoms. The molecule has 0 heterocycles. The van der Waals surface area contributed by atoms with Crippen LogP contribution in [-0.2, 0) is 9.59 Å². The first kappa shape index (κ1) is 26.8. The molecule has 34 heavy (non-hydrogen) atoms. The summed E-state index contributed by atoms with van der Waals surface area (Å²) in [6, 6.07) is 0. The SMILES string of the molecule is CCCCC(O)(NC)C(=O)C1(Br)C[C@@]2(C)C(CC[C@H]3[C@@H]4CC[C@H](C(C)=O)[C@@]4(C)CC[C@@H]32)CC1O. The molecule has 4 aliphatic rings. The van der Waals surface area contributed by atoms with Crippen molar-refractivity contribution in [2.75, 3.05) is 7.05 Å². The van der Waals surface area contributed by atoms with Gasteiger partial charge in [0.25, 0.3) is 0 Å². The molecule has 4 fully saturated rings. The number of alkyl halides is 1. The molecular weight excluding hydrogens is 494 g/mol. The van der Waals surface area contributed by atoms with Crippen LogP contribution in [0.25, 0.3) is 0 Å². The maximum Gasteiger partial charge on any atom is 0.198 e. The zero-order valence-corrected chi connectivity index (χ0v) is 23.4. The van der Waals surface area contributed by atoms with E-state index in [0.29, 0.717) is 48.7 Å². The molecule has 4 unspecified atom stereocenters. The Labute approximate surface area is 214 Å². The average molecular weight is 541 g/mol. The van der Waals surface area contributed by atoms with Crippen LogP contribution < -0.4 is 5.32 Å². The third-order valence-corrected chi connectivity index (χ3v) is 12.5. The highest BCUT2D eigenvalue weighted by Gasteiger charge is 2.65. The monoisotopic (exact) mass is 539 g/mol. The second-order valence-corrected chi connectivity index (χ2v) is 14.2. The Balaban J connectivity index is 1.63. The summed E-state index contributed by atoms with van der Waals surface area (Å²) in [5.74, 6) is 2.26. The third kappa shape index (κ3) is 3.88. The summed E-state index contributed by atoms with van der Waals surface area (Å²) in [5, 5.41) is 25.4. The molecule has 0 aromatic heterocycles. The summed E-state index contributed by atoms with van der Waals surface area (Å²) < 4.78 is -1.15. The Morgan fingerprint density at radius 2 is 1.76 bits per heavy atom. The molecule has 0 spiro atoms. The quantitative estimate of drug-likeness (QED) is 0.312. The molecule has 4 aliphatic carbocycles. The molecule has 0 amide bonds. The van der Waals surface area contributed by atoms with Crippen LogP contribution in [0.1, 0.15) is 98.3 Å². The lowest BCUT2D eigenvalue weighted by molar-refractivity contribution is -0.164. The zero-order chi connectivity index (χ0) is 25.1. The lowest BCUT2D eigenvalue weighted by atomic mass is 9.43. The molecule has 194 valence electrons. The van der Waals surface area contributed by atoms with Gasteiger partial charge < -0.3 is 10.2 Å². The summed E-state index contributed by atoms with van der Waals surface area (Å²) in [6.45, 7) is 8.54. The number of rotatable bonds is 7. The van der Waals surface area contributed by atoms with E-state index in [1.807, 2.05) is 6.92 Å². The molecule has 0 aromatic rings. The first-order valence-corrected chi connectivity index (χ1v) is 14.5. The van der Waals surface area contributed by atoms with Gasteiger partial charge in [-0.1, -0.05) is 43.1 Å². The maximum absolute atomic E-state index is 13.9. The lowest BCUT2D eigenvalue weighted by Gasteiger charge is -2.63. The summed E-state index contributed by atoms with van der Waals surface area (Å²) in [5.41, 5.74) is -1.60. The van der Waals surface area contributed by atoms with Gasteiger partial charge in [-0.2, -0.15) is 0 Å². The van der Waals surface area contributed by atoms with E-state index in [-0.39, 0.29) is 22.5 Å². The molecule has 3 N–H and O–H groups in total. The van der Waals surface area contributed by atoms with Crippen LogP contribution >= 0.6 is 15.9 Å². The van der Waals surface area contributed by atoms with Gasteiger partial charge in [0, 0.05) is 5.92 Å². The Kier molecular flexibility index (Phi) is 7.25. The molecule has 5 nitrogen and oxygen atoms in total. The van der Waals surface area contributed by atoms with E-state index in [9.17, 15) is 19.8 Å². The fraction of sp³-hybridized carbons (Fsp3) is 0.929. The maximum atomic E-state index is 13.9. The van der Waals surface area contributed by atoms with E-state index in [1.54, 1.807) is 14.0 Å². The van der Waals surface area contributed by atoms with Gasteiger partial charge in [0.1, 0.15) is 10.1 Å². The molecule has 4 rings (SSSR count). The molecule has 10 atom stereocenters. The number of ketones is 2. The smallest absolute Gasteiger partial charge is 0.198 e. The minimum absolute atomic E-state index is 0.0731. The summed E-state index contributed by atoms with van der Waals surface area (Å²) in [4.78, 5) is 26.3. The first-order valence-electron chi connectivity index (χ1n) is 13.7. The second-order valence-electron chi connectivity index (χ2n) is 12.8. The van der Waals surface area contributed by atoms with Gasteiger partial charge in [-0.25, -0.2) is 0 Å². The number of fused-ring (bicyclic) bond motifs is 5. The number of carbonyl (C=O) groups is 2. The Morgan fingerprint density at radius 3 is 2.38 bits per heavy atom. The normalized spacial score (nSPS) is 47.8. The van der Waals surface area contributed by atoms with Crippen molar-refractivity contribution >= 4 is 27.5 Å². The van der Waals surface area contributed by atoms with E-state index in [4.69, 9.17) is 0 Å². The minimum Gasteiger partial charge on any atom is -0.391 e. The van der Waals surface area contributed by atoms with Crippen molar-refractivity contribution in [1.82, 2.24) is 5.32 Å². The molecule has 4 saturated carbocycles. The fourth-order valence-electron chi connectivity index (χ4n) is 9.35. The van der Waals surface area contributed by atoms with Gasteiger partial charge in [-0.15, -0.1) is 0 Å². The Bertz CT molecular complexity index is 820. The molecule has 6 heteroatoms. The van der Waals surface area contributed by atoms with Crippen LogP contribution in [0.4, 0.5) is 0 Å². The molecule has 0 saturated heterocycles. The Morgan fingerprint density at radius 1 is 1.09 bits per heavy atom. The highest BCUT2D eigenvalue weighted by molar-refractivity contribution is 9.10. The minimum atomic E-state index is -1.64. The number of aliphatic hydroxyl groups is 2. The van der Waals surface area contributed by atoms with Crippen LogP contribution in [0.3, 0.4) is 0 Å². The van der Waals surface area contributed by atoms with Crippen LogP contribution in [0.2, 0.25) is 0 Å². The average Bonchev–Trinajstić information content (AvgIpc) is 3.15. The van der Waals surface area contributed by atoms with E-state index < -0.39 is 16.2 Å². The highest BCUT2D eigenvalue weighted by atomic mass is 79.9. The van der Waals surface area contributed by atoms with Crippen LogP contribution in [0.15, 0.2) is 0 Å². The van der Waals surface area contributed by atoms with Crippen molar-refractivity contribution in [3.8, 4) is 0 Å². The number of hydrogen-bond acceptors (Lipinski definition) is 5. The predicted octanol–water partition coefficient (Wildman–Crippen LogP) is 5.01. The van der Waals surface area contributed by atoms with Crippen LogP contribution in [-0.4, -0.2) is 45.0 Å². The van der Waals surface area contributed by atoms with Gasteiger partial charge in [0.2, 0.25) is 0 Å². The number of carbonyl (C=O) groups excluding carboxylic acids is 2. The van der Waals surface area contributed by atoms with E-state index in [2.05, 4.69) is 35.1 Å². The number of Topliss-reactive ketones (excluding diaryl/α,β-unsaturated/α-hetero) is 2. The summed E-state index contributed by atoms with van der Waals surface area (Å²) >= 11 is 3.76. The van der Waals surface area contributed by atoms with Gasteiger partial charge in [-0.3, -0.25) is 14.9 Å². The van der Waals surface area contributed by atoms with Crippen molar-refractivity contribution < 1.29 is 19.8 Å². The van der Waals surface area contributed by atoms with E-state index in [0.717, 1.165) is 44.9 Å². The fourth-order valence-corrected chi connectivity index (χ4v) is 10.5. The lowest BCUT2D eigenvalue weighted by Crippen LogP contribution is -2.66. The van der Waals surface area contributed by atoms with Crippen LogP contribution in [0, 0.1) is 40.4 Å². The number of aliphatic hydroxyl groups excluding tert-OH is 1. The topological polar surface area (TPSA) is 86.6 Å². The zero-order valence-electron chi connectivity index (χ0n) is 21.8. The van der Waals surface area contributed by atoms with Gasteiger partial charge in [0.05, 0.1) is 6.10 Å². The number of halogens is 1. The van der Waals surface area contributed by atoms with E-state index in [1.165, 1.54) is 6.42 Å². The molecule has 0 aliphatic heterocycles. The number of nitrogens with one attached hydrogen (secondary N) is 1. The summed E-state index contributed by atoms with van der Waals surface area (Å²) in [6.07, 6.45) is 8.90. The molecule has 0 aromatic carbocycles. The van der Waals surface area contributed by atoms with Gasteiger partial charge in [-0.05, 0) is 113 Å². The number of hydrogen-bond donors (Lipinski definition) is 3. The van der Waals surface area contributed by atoms with Crippen LogP contribution in [0.5, 0.6) is 0 Å². The molecule has 0 radical (unpaired) electrons. The number of unbranched alkanes of at least 4 members (excludes halogenated alkanes) is 1. The standard InChI is InChI=1S/C28H46BrNO4/c1-6-7-13-28(34,30-5)24(33)27(29)16-26(4)18(15-23(27)32)8-9-19-21-11-10-20(17(2)31)25(21,3)14-12-22(19)26/h18-23,30,32,34H,6-16H2,1-5H3/t18?,19-,20+,21-,22-,23?,25+,26-,27?,28?/m0/s1. The van der Waals surface area contributed by atoms with Crippen molar-refractivity contribution in [3.63, 3.8) is 0 Å². The van der Waals surface area contributed by atoms with Gasteiger partial charge in [0.15, 0.2) is 11.5 Å². The largest absolute Gasteiger partial charge is 0.391 e. The van der Waals surface area contributed by atoms with Crippen molar-refractivity contribution in [1.29, 1.82) is 0 Å². The number of likely N-dealkylation sites (N-methyl/N-ethyl adjacent to an activating group) is 1. The third-order valence-electron chi connectivity index (χ3n) is 11.3. The van der Waals surface area contributed by atoms with Crippen molar-refractivity contribution in [3.05, 3.63) is 0 Å². The summed E-state index contributed by atoms with van der Waals surface area (Å²) in [7, 11) is 1.63. The highest BCUT2D eigenvalue weighted by Crippen LogP contribution is 2.69. The van der Waals surface area contributed by atoms with Crippen molar-refractivity contribution in [2.24, 2.45) is 40.4 Å². The Hall–Kier alpha value is -0.300. The van der Waals surface area contributed by atoms with Crippen molar-refractivity contribution in [2.45, 2.75) is 114 Å². The second kappa shape index (κ2) is 9.22.